The molecule has 2 amide bonds. The fourth-order valence-electron chi connectivity index (χ4n) is 4.60. The highest BCUT2D eigenvalue weighted by Crippen LogP contribution is 2.26. The van der Waals surface area contributed by atoms with E-state index in [1.54, 1.807) is 7.11 Å². The number of rotatable bonds is 9. The SMILES string of the molecule is COc1ccc(CNC(=O)CCC(=O)N2CCCN(Cc3ccccc3-c3ccc(Cl)cc3)CC2)cc1. The average molecular weight is 520 g/mol. The van der Waals surface area contributed by atoms with Gasteiger partial charge in [-0.3, -0.25) is 14.5 Å². The largest absolute Gasteiger partial charge is 0.497 e. The van der Waals surface area contributed by atoms with Gasteiger partial charge in [-0.15, -0.1) is 0 Å². The lowest BCUT2D eigenvalue weighted by Gasteiger charge is -2.23. The Labute approximate surface area is 224 Å². The predicted molar refractivity (Wildman–Crippen MR) is 147 cm³/mol. The molecular formula is C30H34ClN3O3. The van der Waals surface area contributed by atoms with Crippen LogP contribution in [0.2, 0.25) is 5.02 Å². The Morgan fingerprint density at radius 2 is 1.65 bits per heavy atom. The molecule has 6 nitrogen and oxygen atoms in total. The quantitative estimate of drug-likeness (QED) is 0.425. The predicted octanol–water partition coefficient (Wildman–Crippen LogP) is 5.15. The van der Waals surface area contributed by atoms with Crippen LogP contribution < -0.4 is 10.1 Å². The number of methoxy groups -OCH3 is 1. The van der Waals surface area contributed by atoms with Crippen LogP contribution in [0.15, 0.2) is 72.8 Å². The first-order chi connectivity index (χ1) is 18.0. The zero-order valence-electron chi connectivity index (χ0n) is 21.3. The maximum absolute atomic E-state index is 12.8. The van der Waals surface area contributed by atoms with Gasteiger partial charge in [-0.05, 0) is 52.9 Å². The van der Waals surface area contributed by atoms with E-state index >= 15 is 0 Å². The second-order valence-corrected chi connectivity index (χ2v) is 9.74. The first kappa shape index (κ1) is 26.7. The van der Waals surface area contributed by atoms with Crippen LogP contribution in [-0.2, 0) is 22.7 Å². The first-order valence-electron chi connectivity index (χ1n) is 12.8. The van der Waals surface area contributed by atoms with Crippen molar-refractivity contribution in [3.05, 3.63) is 88.9 Å². The summed E-state index contributed by atoms with van der Waals surface area (Å²) in [5.74, 6) is 0.713. The Kier molecular flexibility index (Phi) is 9.58. The van der Waals surface area contributed by atoms with Gasteiger partial charge in [0.05, 0.1) is 7.11 Å². The third-order valence-electron chi connectivity index (χ3n) is 6.72. The van der Waals surface area contributed by atoms with Gasteiger partial charge in [-0.25, -0.2) is 0 Å². The molecule has 3 aromatic carbocycles. The zero-order valence-corrected chi connectivity index (χ0v) is 22.0. The van der Waals surface area contributed by atoms with Crippen LogP contribution in [0, 0.1) is 0 Å². The summed E-state index contributed by atoms with van der Waals surface area (Å²) in [5, 5.41) is 3.63. The van der Waals surface area contributed by atoms with Crippen molar-refractivity contribution in [1.29, 1.82) is 0 Å². The minimum atomic E-state index is -0.112. The lowest BCUT2D eigenvalue weighted by molar-refractivity contribution is -0.133. The van der Waals surface area contributed by atoms with Crippen LogP contribution >= 0.6 is 11.6 Å². The molecule has 0 spiro atoms. The van der Waals surface area contributed by atoms with E-state index in [1.165, 1.54) is 11.1 Å². The van der Waals surface area contributed by atoms with Crippen LogP contribution in [0.4, 0.5) is 0 Å². The Hall–Kier alpha value is -3.35. The van der Waals surface area contributed by atoms with Gasteiger partial charge in [0.2, 0.25) is 11.8 Å². The maximum atomic E-state index is 12.8. The maximum Gasteiger partial charge on any atom is 0.223 e. The van der Waals surface area contributed by atoms with Gasteiger partial charge in [-0.2, -0.15) is 0 Å². The Morgan fingerprint density at radius 3 is 2.41 bits per heavy atom. The average Bonchev–Trinajstić information content (AvgIpc) is 3.17. The highest BCUT2D eigenvalue weighted by Gasteiger charge is 2.20. The molecule has 0 radical (unpaired) electrons. The summed E-state index contributed by atoms with van der Waals surface area (Å²) >= 11 is 6.08. The fourth-order valence-corrected chi connectivity index (χ4v) is 4.73. The molecule has 0 atom stereocenters. The van der Waals surface area contributed by atoms with Gasteiger partial charge in [-0.1, -0.05) is 60.1 Å². The van der Waals surface area contributed by atoms with Gasteiger partial charge in [0.25, 0.3) is 0 Å². The van der Waals surface area contributed by atoms with Crippen molar-refractivity contribution >= 4 is 23.4 Å². The van der Waals surface area contributed by atoms with Crippen molar-refractivity contribution in [3.8, 4) is 16.9 Å². The van der Waals surface area contributed by atoms with Crippen molar-refractivity contribution in [3.63, 3.8) is 0 Å². The molecule has 0 aliphatic carbocycles. The Balaban J connectivity index is 1.24. The number of halogens is 1. The first-order valence-corrected chi connectivity index (χ1v) is 13.1. The number of hydrogen-bond acceptors (Lipinski definition) is 4. The normalized spacial score (nSPS) is 14.2. The van der Waals surface area contributed by atoms with Gasteiger partial charge in [0.1, 0.15) is 5.75 Å². The van der Waals surface area contributed by atoms with Crippen molar-refractivity contribution < 1.29 is 14.3 Å². The number of benzene rings is 3. The molecule has 4 rings (SSSR count). The van der Waals surface area contributed by atoms with Crippen LogP contribution in [0.3, 0.4) is 0 Å². The monoisotopic (exact) mass is 519 g/mol. The standard InChI is InChI=1S/C30H34ClN3O3/c1-37-27-13-7-23(8-14-27)21-32-29(35)15-16-30(36)34-18-4-17-33(19-20-34)22-25-5-2-3-6-28(25)24-9-11-26(31)12-10-24/h2-3,5-14H,4,15-22H2,1H3,(H,32,35). The molecule has 3 aromatic rings. The van der Waals surface area contributed by atoms with Gasteiger partial charge in [0.15, 0.2) is 0 Å². The van der Waals surface area contributed by atoms with Crippen LogP contribution in [0.5, 0.6) is 5.75 Å². The van der Waals surface area contributed by atoms with E-state index in [-0.39, 0.29) is 24.7 Å². The fraction of sp³-hybridized carbons (Fsp3) is 0.333. The number of carbonyl (C=O) groups is 2. The van der Waals surface area contributed by atoms with Crippen LogP contribution in [-0.4, -0.2) is 54.9 Å². The lowest BCUT2D eigenvalue weighted by atomic mass is 9.99. The van der Waals surface area contributed by atoms with Gasteiger partial charge < -0.3 is 15.0 Å². The summed E-state index contributed by atoms with van der Waals surface area (Å²) in [4.78, 5) is 29.4. The molecule has 194 valence electrons. The second-order valence-electron chi connectivity index (χ2n) is 9.30. The van der Waals surface area contributed by atoms with Crippen LogP contribution in [0.1, 0.15) is 30.4 Å². The lowest BCUT2D eigenvalue weighted by Crippen LogP contribution is -2.35. The topological polar surface area (TPSA) is 61.9 Å². The molecule has 0 aromatic heterocycles. The summed E-state index contributed by atoms with van der Waals surface area (Å²) in [5.41, 5.74) is 4.61. The summed E-state index contributed by atoms with van der Waals surface area (Å²) in [6, 6.07) is 24.0. The van der Waals surface area contributed by atoms with Gasteiger partial charge in [0, 0.05) is 57.1 Å². The van der Waals surface area contributed by atoms with E-state index in [2.05, 4.69) is 46.6 Å². The number of nitrogens with one attached hydrogen (secondary N) is 1. The Bertz CT molecular complexity index is 1180. The van der Waals surface area contributed by atoms with E-state index in [0.29, 0.717) is 13.1 Å². The third kappa shape index (κ3) is 7.81. The number of amides is 2. The van der Waals surface area contributed by atoms with E-state index in [0.717, 1.165) is 54.5 Å². The molecular weight excluding hydrogens is 486 g/mol. The smallest absolute Gasteiger partial charge is 0.223 e. The molecule has 1 heterocycles. The van der Waals surface area contributed by atoms with Gasteiger partial charge >= 0.3 is 0 Å². The molecule has 0 bridgehead atoms. The van der Waals surface area contributed by atoms with E-state index < -0.39 is 0 Å². The second kappa shape index (κ2) is 13.3. The van der Waals surface area contributed by atoms with Crippen molar-refractivity contribution in [2.24, 2.45) is 0 Å². The highest BCUT2D eigenvalue weighted by molar-refractivity contribution is 6.30. The van der Waals surface area contributed by atoms with Crippen molar-refractivity contribution in [2.45, 2.75) is 32.4 Å². The molecule has 1 N–H and O–H groups in total. The van der Waals surface area contributed by atoms with Crippen molar-refractivity contribution in [2.75, 3.05) is 33.3 Å². The minimum absolute atomic E-state index is 0.0445. The summed E-state index contributed by atoms with van der Waals surface area (Å²) in [6.07, 6.45) is 1.34. The number of nitrogens with zero attached hydrogens (tertiary/aromatic N) is 2. The van der Waals surface area contributed by atoms with Crippen molar-refractivity contribution in [1.82, 2.24) is 15.1 Å². The number of carbonyl (C=O) groups excluding carboxylic acids is 2. The number of ether oxygens (including phenoxy) is 1. The number of hydrogen-bond donors (Lipinski definition) is 1. The summed E-state index contributed by atoms with van der Waals surface area (Å²) in [6.45, 7) is 4.41. The molecule has 0 saturated carbocycles. The molecule has 1 aliphatic rings. The molecule has 1 aliphatic heterocycles. The molecule has 1 fully saturated rings. The van der Waals surface area contributed by atoms with Crippen LogP contribution in [0.25, 0.3) is 11.1 Å². The minimum Gasteiger partial charge on any atom is -0.497 e. The summed E-state index contributed by atoms with van der Waals surface area (Å²) in [7, 11) is 1.62. The van der Waals surface area contributed by atoms with E-state index in [1.807, 2.05) is 41.3 Å². The molecule has 1 saturated heterocycles. The zero-order chi connectivity index (χ0) is 26.0. The molecule has 7 heteroatoms. The Morgan fingerprint density at radius 1 is 0.892 bits per heavy atom. The summed E-state index contributed by atoms with van der Waals surface area (Å²) < 4.78 is 5.15. The van der Waals surface area contributed by atoms with E-state index in [9.17, 15) is 9.59 Å². The highest BCUT2D eigenvalue weighted by atomic mass is 35.5. The molecule has 37 heavy (non-hydrogen) atoms. The molecule has 0 unspecified atom stereocenters. The van der Waals surface area contributed by atoms with E-state index in [4.69, 9.17) is 16.3 Å². The third-order valence-corrected chi connectivity index (χ3v) is 6.97.